The number of rotatable bonds is 4. The average molecular weight is 375 g/mol. The number of nitrogens with zero attached hydrogens (tertiary/aromatic N) is 1. The highest BCUT2D eigenvalue weighted by Crippen LogP contribution is 2.24. The van der Waals surface area contributed by atoms with Gasteiger partial charge in [0, 0.05) is 6.07 Å². The van der Waals surface area contributed by atoms with Crippen LogP contribution in [0.1, 0.15) is 33.6 Å². The molecule has 5 nitrogen and oxygen atoms in total. The van der Waals surface area contributed by atoms with Crippen molar-refractivity contribution < 1.29 is 18.7 Å². The number of hydrogen-bond acceptors (Lipinski definition) is 5. The molecule has 122 valence electrons. The van der Waals surface area contributed by atoms with Gasteiger partial charge >= 0.3 is 5.97 Å². The van der Waals surface area contributed by atoms with Gasteiger partial charge in [0.2, 0.25) is 12.1 Å². The summed E-state index contributed by atoms with van der Waals surface area (Å²) in [5, 5.41) is 3.24. The van der Waals surface area contributed by atoms with E-state index in [0.29, 0.717) is 5.75 Å². The van der Waals surface area contributed by atoms with Crippen molar-refractivity contribution in [2.75, 3.05) is 6.54 Å². The van der Waals surface area contributed by atoms with Crippen molar-refractivity contribution in [3.63, 3.8) is 0 Å². The van der Waals surface area contributed by atoms with Gasteiger partial charge in [-0.2, -0.15) is 4.39 Å². The second-order valence-electron chi connectivity index (χ2n) is 6.22. The number of esters is 1. The Balaban J connectivity index is 2.16. The van der Waals surface area contributed by atoms with Crippen LogP contribution in [-0.4, -0.2) is 35.2 Å². The molecule has 2 heterocycles. The van der Waals surface area contributed by atoms with Gasteiger partial charge in [-0.25, -0.2) is 9.78 Å². The molecule has 0 saturated carbocycles. The summed E-state index contributed by atoms with van der Waals surface area (Å²) in [6.45, 7) is 6.25. The lowest BCUT2D eigenvalue weighted by molar-refractivity contribution is -0.164. The third-order valence-electron chi connectivity index (χ3n) is 3.14. The zero-order chi connectivity index (χ0) is 16.3. The van der Waals surface area contributed by atoms with Gasteiger partial charge in [0.15, 0.2) is 0 Å². The SMILES string of the molecule is CC(C)(C)OC(=O)C(Oc1cnc(F)c(Br)c1)[C@@H]1CCCN1. The number of pyridine rings is 1. The van der Waals surface area contributed by atoms with Crippen molar-refractivity contribution in [2.24, 2.45) is 0 Å². The number of halogens is 2. The molecule has 2 rings (SSSR count). The highest BCUT2D eigenvalue weighted by molar-refractivity contribution is 9.10. The van der Waals surface area contributed by atoms with Crippen LogP contribution < -0.4 is 10.1 Å². The quantitative estimate of drug-likeness (QED) is 0.648. The van der Waals surface area contributed by atoms with Gasteiger partial charge in [-0.1, -0.05) is 0 Å². The molecule has 0 aliphatic carbocycles. The first-order chi connectivity index (χ1) is 10.3. The summed E-state index contributed by atoms with van der Waals surface area (Å²) in [6, 6.07) is 1.33. The Hall–Kier alpha value is -1.21. The van der Waals surface area contributed by atoms with E-state index in [1.807, 2.05) is 0 Å². The van der Waals surface area contributed by atoms with Crippen LogP contribution in [0.5, 0.6) is 5.75 Å². The monoisotopic (exact) mass is 374 g/mol. The summed E-state index contributed by atoms with van der Waals surface area (Å²) in [7, 11) is 0. The lowest BCUT2D eigenvalue weighted by Crippen LogP contribution is -2.47. The van der Waals surface area contributed by atoms with E-state index in [1.165, 1.54) is 12.3 Å². The van der Waals surface area contributed by atoms with Crippen LogP contribution in [0, 0.1) is 5.95 Å². The van der Waals surface area contributed by atoms with Crippen molar-refractivity contribution in [3.8, 4) is 5.75 Å². The fourth-order valence-electron chi connectivity index (χ4n) is 2.24. The fourth-order valence-corrected chi connectivity index (χ4v) is 2.57. The summed E-state index contributed by atoms with van der Waals surface area (Å²) in [6.07, 6.45) is 2.26. The molecule has 0 spiro atoms. The summed E-state index contributed by atoms with van der Waals surface area (Å²) in [5.74, 6) is -0.745. The first-order valence-corrected chi connectivity index (χ1v) is 7.99. The van der Waals surface area contributed by atoms with Gasteiger partial charge in [0.25, 0.3) is 0 Å². The zero-order valence-corrected chi connectivity index (χ0v) is 14.4. The van der Waals surface area contributed by atoms with Crippen LogP contribution in [0.4, 0.5) is 4.39 Å². The molecule has 1 saturated heterocycles. The molecule has 1 aromatic rings. The molecule has 1 aromatic heterocycles. The van der Waals surface area contributed by atoms with E-state index >= 15 is 0 Å². The van der Waals surface area contributed by atoms with Crippen molar-refractivity contribution in [3.05, 3.63) is 22.7 Å². The fraction of sp³-hybridized carbons (Fsp3) is 0.600. The zero-order valence-electron chi connectivity index (χ0n) is 12.9. The minimum Gasteiger partial charge on any atom is -0.475 e. The lowest BCUT2D eigenvalue weighted by atomic mass is 10.1. The van der Waals surface area contributed by atoms with Crippen molar-refractivity contribution in [1.29, 1.82) is 0 Å². The van der Waals surface area contributed by atoms with Gasteiger partial charge in [-0.15, -0.1) is 0 Å². The van der Waals surface area contributed by atoms with Crippen molar-refractivity contribution in [1.82, 2.24) is 10.3 Å². The van der Waals surface area contributed by atoms with E-state index in [4.69, 9.17) is 9.47 Å². The Morgan fingerprint density at radius 2 is 2.27 bits per heavy atom. The van der Waals surface area contributed by atoms with Crippen LogP contribution in [-0.2, 0) is 9.53 Å². The maximum atomic E-state index is 13.2. The number of aromatic nitrogens is 1. The number of hydrogen-bond donors (Lipinski definition) is 1. The second kappa shape index (κ2) is 6.91. The largest absolute Gasteiger partial charge is 0.475 e. The predicted octanol–water partition coefficient (Wildman–Crippen LogP) is 2.82. The molecule has 1 N–H and O–H groups in total. The van der Waals surface area contributed by atoms with Gasteiger partial charge in [-0.05, 0) is 56.1 Å². The Morgan fingerprint density at radius 3 is 2.82 bits per heavy atom. The molecule has 0 amide bonds. The number of ether oxygens (including phenoxy) is 2. The molecule has 2 atom stereocenters. The molecule has 0 bridgehead atoms. The van der Waals surface area contributed by atoms with E-state index in [2.05, 4.69) is 26.2 Å². The Morgan fingerprint density at radius 1 is 1.55 bits per heavy atom. The van der Waals surface area contributed by atoms with Crippen molar-refractivity contribution >= 4 is 21.9 Å². The molecule has 0 radical (unpaired) electrons. The highest BCUT2D eigenvalue weighted by Gasteiger charge is 2.35. The molecule has 22 heavy (non-hydrogen) atoms. The van der Waals surface area contributed by atoms with Crippen molar-refractivity contribution in [2.45, 2.75) is 51.4 Å². The maximum absolute atomic E-state index is 13.2. The summed E-state index contributed by atoms with van der Waals surface area (Å²) < 4.78 is 24.6. The third-order valence-corrected chi connectivity index (χ3v) is 3.69. The highest BCUT2D eigenvalue weighted by atomic mass is 79.9. The molecule has 0 aromatic carbocycles. The van der Waals surface area contributed by atoms with Gasteiger partial charge in [0.1, 0.15) is 11.4 Å². The minimum absolute atomic E-state index is 0.126. The van der Waals surface area contributed by atoms with Gasteiger partial charge in [-0.3, -0.25) is 0 Å². The van der Waals surface area contributed by atoms with E-state index in [0.717, 1.165) is 19.4 Å². The molecular formula is C15H20BrFN2O3. The third kappa shape index (κ3) is 4.64. The summed E-state index contributed by atoms with van der Waals surface area (Å²) in [5.41, 5.74) is -0.598. The van der Waals surface area contributed by atoms with Crippen LogP contribution >= 0.6 is 15.9 Å². The number of carbonyl (C=O) groups excluding carboxylic acids is 1. The van der Waals surface area contributed by atoms with Crippen LogP contribution in [0.2, 0.25) is 0 Å². The van der Waals surface area contributed by atoms with E-state index in [1.54, 1.807) is 20.8 Å². The van der Waals surface area contributed by atoms with Crippen LogP contribution in [0.25, 0.3) is 0 Å². The summed E-state index contributed by atoms with van der Waals surface area (Å²) >= 11 is 3.06. The standard InChI is InChI=1S/C15H20BrFN2O3/c1-15(2,3)22-14(20)12(11-5-4-6-18-11)21-9-7-10(16)13(17)19-8-9/h7-8,11-12,18H,4-6H2,1-3H3/t11-,12?/m0/s1. The molecule has 7 heteroatoms. The van der Waals surface area contributed by atoms with Crippen LogP contribution in [0.3, 0.4) is 0 Å². The Bertz CT molecular complexity index is 542. The van der Waals surface area contributed by atoms with Gasteiger partial charge in [0.05, 0.1) is 16.7 Å². The minimum atomic E-state index is -0.791. The van der Waals surface area contributed by atoms with E-state index in [9.17, 15) is 9.18 Å². The molecule has 1 unspecified atom stereocenters. The second-order valence-corrected chi connectivity index (χ2v) is 7.07. The average Bonchev–Trinajstić information content (AvgIpc) is 2.91. The van der Waals surface area contributed by atoms with E-state index in [-0.39, 0.29) is 10.5 Å². The lowest BCUT2D eigenvalue weighted by Gasteiger charge is -2.27. The first-order valence-electron chi connectivity index (χ1n) is 7.20. The number of nitrogens with one attached hydrogen (secondary N) is 1. The number of carbonyl (C=O) groups is 1. The molecule has 1 aliphatic heterocycles. The Labute approximate surface area is 137 Å². The normalized spacial score (nSPS) is 19.8. The summed E-state index contributed by atoms with van der Waals surface area (Å²) in [4.78, 5) is 16.0. The van der Waals surface area contributed by atoms with Gasteiger partial charge < -0.3 is 14.8 Å². The molecule has 1 aliphatic rings. The molecular weight excluding hydrogens is 355 g/mol. The molecule has 1 fully saturated rings. The van der Waals surface area contributed by atoms with E-state index < -0.39 is 23.6 Å². The van der Waals surface area contributed by atoms with Crippen LogP contribution in [0.15, 0.2) is 16.7 Å². The maximum Gasteiger partial charge on any atom is 0.349 e. The predicted molar refractivity (Wildman–Crippen MR) is 83.2 cm³/mol. The topological polar surface area (TPSA) is 60.5 Å². The Kier molecular flexibility index (Phi) is 5.39. The first kappa shape index (κ1) is 17.1. The smallest absolute Gasteiger partial charge is 0.349 e.